The number of hydrogen-bond acceptors (Lipinski definition) is 4. The number of alkyl halides is 3. The van der Waals surface area contributed by atoms with E-state index in [9.17, 15) is 27.6 Å². The molecule has 2 N–H and O–H groups in total. The molecule has 10 heteroatoms. The normalized spacial score (nSPS) is 19.6. The third-order valence-electron chi connectivity index (χ3n) is 4.07. The van der Waals surface area contributed by atoms with Crippen LogP contribution in [0.4, 0.5) is 18.9 Å². The number of amides is 2. The van der Waals surface area contributed by atoms with Crippen LogP contribution in [0.1, 0.15) is 25.3 Å². The minimum Gasteiger partial charge on any atom is -0.479 e. The Balaban J connectivity index is 2.01. The maximum atomic E-state index is 12.6. The molecule has 0 bridgehead atoms. The average Bonchev–Trinajstić information content (AvgIpc) is 3.09. The number of nitrogens with zero attached hydrogens (tertiary/aromatic N) is 1. The van der Waals surface area contributed by atoms with Crippen molar-refractivity contribution in [1.29, 1.82) is 0 Å². The molecule has 2 rings (SSSR count). The second-order valence-corrected chi connectivity index (χ2v) is 6.04. The number of halogens is 3. The zero-order chi connectivity index (χ0) is 20.2. The molecule has 148 valence electrons. The fraction of sp³-hybridized carbons (Fsp3) is 0.471. The summed E-state index contributed by atoms with van der Waals surface area (Å²) in [4.78, 5) is 35.1. The van der Waals surface area contributed by atoms with Gasteiger partial charge in [-0.3, -0.25) is 9.59 Å². The minimum absolute atomic E-state index is 0.124. The molecule has 2 atom stereocenters. The Morgan fingerprint density at radius 3 is 2.48 bits per heavy atom. The second-order valence-electron chi connectivity index (χ2n) is 6.04. The molecule has 0 unspecified atom stereocenters. The molecule has 0 radical (unpaired) electrons. The van der Waals surface area contributed by atoms with E-state index in [-0.39, 0.29) is 25.9 Å². The monoisotopic (exact) mass is 388 g/mol. The summed E-state index contributed by atoms with van der Waals surface area (Å²) in [7, 11) is 0. The lowest BCUT2D eigenvalue weighted by Crippen LogP contribution is -2.40. The number of nitrogens with one attached hydrogen (secondary N) is 1. The largest absolute Gasteiger partial charge is 0.479 e. The highest BCUT2D eigenvalue weighted by molar-refractivity contribution is 5.94. The van der Waals surface area contributed by atoms with Gasteiger partial charge in [0.15, 0.2) is 6.10 Å². The number of anilines is 1. The molecule has 1 aliphatic heterocycles. The van der Waals surface area contributed by atoms with Crippen molar-refractivity contribution < 1.29 is 37.4 Å². The summed E-state index contributed by atoms with van der Waals surface area (Å²) in [6, 6.07) is 6.06. The Labute approximate surface area is 153 Å². The van der Waals surface area contributed by atoms with Gasteiger partial charge < -0.3 is 20.1 Å². The molecule has 27 heavy (non-hydrogen) atoms. The van der Waals surface area contributed by atoms with Crippen LogP contribution in [0.5, 0.6) is 0 Å². The van der Waals surface area contributed by atoms with Crippen molar-refractivity contribution in [3.63, 3.8) is 0 Å². The van der Waals surface area contributed by atoms with E-state index in [1.165, 1.54) is 31.2 Å². The van der Waals surface area contributed by atoms with Crippen molar-refractivity contribution in [2.45, 2.75) is 44.7 Å². The topological polar surface area (TPSA) is 95.9 Å². The SMILES string of the molecule is CCN(Cc1cccc(NC(=O)[C@@H]2CC[C@H](C(=O)O)O2)c1)C(=O)C(F)(F)F. The highest BCUT2D eigenvalue weighted by Gasteiger charge is 2.42. The van der Waals surface area contributed by atoms with Crippen molar-refractivity contribution in [2.24, 2.45) is 0 Å². The van der Waals surface area contributed by atoms with E-state index in [1.54, 1.807) is 0 Å². The molecule has 1 aliphatic rings. The lowest BCUT2D eigenvalue weighted by Gasteiger charge is -2.22. The fourth-order valence-electron chi connectivity index (χ4n) is 2.71. The van der Waals surface area contributed by atoms with E-state index in [0.29, 0.717) is 16.2 Å². The predicted octanol–water partition coefficient (Wildman–Crippen LogP) is 2.17. The van der Waals surface area contributed by atoms with E-state index in [4.69, 9.17) is 9.84 Å². The van der Waals surface area contributed by atoms with E-state index in [2.05, 4.69) is 5.32 Å². The molecule has 0 aliphatic carbocycles. The number of carbonyl (C=O) groups is 3. The van der Waals surface area contributed by atoms with E-state index in [1.807, 2.05) is 0 Å². The van der Waals surface area contributed by atoms with Gasteiger partial charge in [0.2, 0.25) is 0 Å². The van der Waals surface area contributed by atoms with Crippen molar-refractivity contribution in [3.05, 3.63) is 29.8 Å². The van der Waals surface area contributed by atoms with Gasteiger partial charge in [-0.1, -0.05) is 12.1 Å². The minimum atomic E-state index is -4.96. The van der Waals surface area contributed by atoms with E-state index in [0.717, 1.165) is 0 Å². The van der Waals surface area contributed by atoms with Crippen LogP contribution in [0, 0.1) is 0 Å². The number of carboxylic acids is 1. The molecule has 1 aromatic rings. The number of aliphatic carboxylic acids is 1. The molecule has 1 fully saturated rings. The quantitative estimate of drug-likeness (QED) is 0.779. The van der Waals surface area contributed by atoms with Gasteiger partial charge in [0.1, 0.15) is 6.10 Å². The number of hydrogen-bond donors (Lipinski definition) is 2. The first-order valence-electron chi connectivity index (χ1n) is 8.26. The maximum Gasteiger partial charge on any atom is 0.471 e. The summed E-state index contributed by atoms with van der Waals surface area (Å²) in [5, 5.41) is 11.4. The molecular weight excluding hydrogens is 369 g/mol. The van der Waals surface area contributed by atoms with Crippen LogP contribution in [-0.2, 0) is 25.7 Å². The third kappa shape index (κ3) is 5.43. The van der Waals surface area contributed by atoms with Gasteiger partial charge in [0.25, 0.3) is 5.91 Å². The van der Waals surface area contributed by atoms with Crippen LogP contribution < -0.4 is 5.32 Å². The summed E-state index contributed by atoms with van der Waals surface area (Å²) in [6.07, 6.45) is -6.42. The number of ether oxygens (including phenoxy) is 1. The maximum absolute atomic E-state index is 12.6. The van der Waals surface area contributed by atoms with E-state index >= 15 is 0 Å². The standard InChI is InChI=1S/C17H19F3N2O5/c1-2-22(16(26)17(18,19)20)9-10-4-3-5-11(8-10)21-14(23)12-6-7-13(27-12)15(24)25/h3-5,8,12-13H,2,6-7,9H2,1H3,(H,21,23)(H,24,25)/t12-,13+/m0/s1. The van der Waals surface area contributed by atoms with Crippen LogP contribution in [0.25, 0.3) is 0 Å². The summed E-state index contributed by atoms with van der Waals surface area (Å²) in [6.45, 7) is 1.05. The first-order valence-corrected chi connectivity index (χ1v) is 8.26. The summed E-state index contributed by atoms with van der Waals surface area (Å²) in [5.41, 5.74) is 0.721. The van der Waals surface area contributed by atoms with Crippen molar-refractivity contribution >= 4 is 23.5 Å². The van der Waals surface area contributed by atoms with Crippen LogP contribution in [0.3, 0.4) is 0 Å². The Kier molecular flexibility index (Phi) is 6.42. The third-order valence-corrected chi connectivity index (χ3v) is 4.07. The molecule has 2 amide bonds. The molecular formula is C17H19F3N2O5. The Morgan fingerprint density at radius 2 is 1.93 bits per heavy atom. The lowest BCUT2D eigenvalue weighted by molar-refractivity contribution is -0.185. The molecule has 1 heterocycles. The van der Waals surface area contributed by atoms with Crippen molar-refractivity contribution in [3.8, 4) is 0 Å². The average molecular weight is 388 g/mol. The molecule has 7 nitrogen and oxygen atoms in total. The van der Waals surface area contributed by atoms with Gasteiger partial charge in [-0.05, 0) is 37.5 Å². The second kappa shape index (κ2) is 8.38. The predicted molar refractivity (Wildman–Crippen MR) is 87.7 cm³/mol. The van der Waals surface area contributed by atoms with E-state index < -0.39 is 36.2 Å². The highest BCUT2D eigenvalue weighted by atomic mass is 19.4. The van der Waals surface area contributed by atoms with Crippen molar-refractivity contribution in [1.82, 2.24) is 4.90 Å². The molecule has 0 spiro atoms. The zero-order valence-electron chi connectivity index (χ0n) is 14.5. The fourth-order valence-corrected chi connectivity index (χ4v) is 2.71. The molecule has 0 aromatic heterocycles. The van der Waals surface area contributed by atoms with Gasteiger partial charge in [-0.2, -0.15) is 13.2 Å². The summed E-state index contributed by atoms with van der Waals surface area (Å²) in [5.74, 6) is -3.60. The first-order chi connectivity index (χ1) is 12.6. The van der Waals surface area contributed by atoms with Gasteiger partial charge in [-0.25, -0.2) is 4.79 Å². The number of carbonyl (C=O) groups excluding carboxylic acids is 2. The Hall–Kier alpha value is -2.62. The summed E-state index contributed by atoms with van der Waals surface area (Å²) < 4.78 is 42.9. The first kappa shape index (κ1) is 20.7. The van der Waals surface area contributed by atoms with Crippen LogP contribution in [-0.4, -0.2) is 52.7 Å². The molecule has 0 saturated carbocycles. The Bertz CT molecular complexity index is 723. The van der Waals surface area contributed by atoms with Gasteiger partial charge >= 0.3 is 18.1 Å². The number of benzene rings is 1. The van der Waals surface area contributed by atoms with Gasteiger partial charge in [0, 0.05) is 18.8 Å². The van der Waals surface area contributed by atoms with Gasteiger partial charge in [-0.15, -0.1) is 0 Å². The van der Waals surface area contributed by atoms with Gasteiger partial charge in [0.05, 0.1) is 0 Å². The highest BCUT2D eigenvalue weighted by Crippen LogP contribution is 2.23. The lowest BCUT2D eigenvalue weighted by atomic mass is 10.1. The van der Waals surface area contributed by atoms with Crippen LogP contribution in [0.15, 0.2) is 24.3 Å². The van der Waals surface area contributed by atoms with Crippen LogP contribution in [0.2, 0.25) is 0 Å². The zero-order valence-corrected chi connectivity index (χ0v) is 14.5. The Morgan fingerprint density at radius 1 is 1.26 bits per heavy atom. The molecule has 1 aromatic carbocycles. The number of carboxylic acid groups (broad SMARTS) is 1. The summed E-state index contributed by atoms with van der Waals surface area (Å²) >= 11 is 0. The van der Waals surface area contributed by atoms with Crippen LogP contribution >= 0.6 is 0 Å². The molecule has 1 saturated heterocycles. The number of rotatable bonds is 6. The smallest absolute Gasteiger partial charge is 0.471 e. The van der Waals surface area contributed by atoms with Crippen molar-refractivity contribution in [2.75, 3.05) is 11.9 Å².